The van der Waals surface area contributed by atoms with Crippen LogP contribution in [0.5, 0.6) is 0 Å². The number of carbonyl (C=O) groups is 1. The van der Waals surface area contributed by atoms with Crippen LogP contribution >= 0.6 is 0 Å². The zero-order valence-electron chi connectivity index (χ0n) is 12.3. The molecule has 4 heteroatoms. The predicted octanol–water partition coefficient (Wildman–Crippen LogP) is 1.36. The Morgan fingerprint density at radius 2 is 2.17 bits per heavy atom. The highest BCUT2D eigenvalue weighted by molar-refractivity contribution is 5.81. The van der Waals surface area contributed by atoms with Crippen molar-refractivity contribution >= 4 is 5.91 Å². The molecule has 1 aliphatic heterocycles. The Balaban J connectivity index is 2.57. The Labute approximate surface area is 111 Å². The van der Waals surface area contributed by atoms with Crippen LogP contribution < -0.4 is 10.6 Å². The van der Waals surface area contributed by atoms with E-state index in [4.69, 9.17) is 0 Å². The third kappa shape index (κ3) is 4.25. The maximum atomic E-state index is 12.2. The van der Waals surface area contributed by atoms with Crippen molar-refractivity contribution in [2.75, 3.05) is 19.6 Å². The molecule has 1 saturated heterocycles. The first-order chi connectivity index (χ1) is 8.60. The molecule has 0 aliphatic carbocycles. The molecule has 1 aliphatic rings. The summed E-state index contributed by atoms with van der Waals surface area (Å²) < 4.78 is 0. The molecule has 0 aromatic rings. The van der Waals surface area contributed by atoms with Crippen molar-refractivity contribution in [2.45, 2.75) is 65.1 Å². The van der Waals surface area contributed by atoms with E-state index < -0.39 is 0 Å². The van der Waals surface area contributed by atoms with Crippen molar-refractivity contribution in [1.82, 2.24) is 15.5 Å². The largest absolute Gasteiger partial charge is 0.352 e. The quantitative estimate of drug-likeness (QED) is 0.722. The molecule has 1 amide bonds. The van der Waals surface area contributed by atoms with E-state index in [-0.39, 0.29) is 18.0 Å². The fourth-order valence-corrected chi connectivity index (χ4v) is 2.49. The highest BCUT2D eigenvalue weighted by atomic mass is 16.2. The summed E-state index contributed by atoms with van der Waals surface area (Å²) in [6.07, 6.45) is 3.23. The molecule has 2 N–H and O–H groups in total. The smallest absolute Gasteiger partial charge is 0.237 e. The van der Waals surface area contributed by atoms with E-state index in [0.717, 1.165) is 38.9 Å². The van der Waals surface area contributed by atoms with Gasteiger partial charge in [-0.15, -0.1) is 0 Å². The van der Waals surface area contributed by atoms with Crippen molar-refractivity contribution in [3.63, 3.8) is 0 Å². The Morgan fingerprint density at radius 1 is 1.44 bits per heavy atom. The van der Waals surface area contributed by atoms with Crippen molar-refractivity contribution in [3.05, 3.63) is 0 Å². The second-order valence-electron chi connectivity index (χ2n) is 5.38. The number of nitrogens with one attached hydrogen (secondary N) is 2. The molecule has 0 saturated carbocycles. The minimum Gasteiger partial charge on any atom is -0.352 e. The summed E-state index contributed by atoms with van der Waals surface area (Å²) in [5.41, 5.74) is 0. The lowest BCUT2D eigenvalue weighted by Gasteiger charge is -2.33. The Kier molecular flexibility index (Phi) is 6.65. The molecule has 1 heterocycles. The van der Waals surface area contributed by atoms with Crippen molar-refractivity contribution in [1.29, 1.82) is 0 Å². The second kappa shape index (κ2) is 7.74. The van der Waals surface area contributed by atoms with E-state index in [9.17, 15) is 4.79 Å². The molecule has 0 bridgehead atoms. The maximum Gasteiger partial charge on any atom is 0.237 e. The highest BCUT2D eigenvalue weighted by Crippen LogP contribution is 2.13. The number of hydrogen-bond acceptors (Lipinski definition) is 3. The Bertz CT molecular complexity index is 251. The van der Waals surface area contributed by atoms with Gasteiger partial charge in [-0.25, -0.2) is 0 Å². The number of amides is 1. The summed E-state index contributed by atoms with van der Waals surface area (Å²) in [6.45, 7) is 11.5. The van der Waals surface area contributed by atoms with Crippen LogP contribution in [0.15, 0.2) is 0 Å². The van der Waals surface area contributed by atoms with Crippen LogP contribution in [0.3, 0.4) is 0 Å². The summed E-state index contributed by atoms with van der Waals surface area (Å²) in [5.74, 6) is 0.171. The van der Waals surface area contributed by atoms with Crippen LogP contribution in [0.4, 0.5) is 0 Å². The molecule has 4 nitrogen and oxygen atoms in total. The number of hydrogen-bond donors (Lipinski definition) is 2. The van der Waals surface area contributed by atoms with Crippen LogP contribution in [0.2, 0.25) is 0 Å². The topological polar surface area (TPSA) is 44.4 Å². The molecule has 18 heavy (non-hydrogen) atoms. The van der Waals surface area contributed by atoms with Gasteiger partial charge in [0, 0.05) is 18.6 Å². The van der Waals surface area contributed by atoms with Crippen LogP contribution in [0.1, 0.15) is 47.0 Å². The van der Waals surface area contributed by atoms with Gasteiger partial charge in [0.15, 0.2) is 0 Å². The van der Waals surface area contributed by atoms with E-state index >= 15 is 0 Å². The number of nitrogens with zero attached hydrogens (tertiary/aromatic N) is 1. The van der Waals surface area contributed by atoms with Gasteiger partial charge in [-0.3, -0.25) is 9.69 Å². The van der Waals surface area contributed by atoms with Gasteiger partial charge in [-0.05, 0) is 46.2 Å². The van der Waals surface area contributed by atoms with Gasteiger partial charge < -0.3 is 10.6 Å². The van der Waals surface area contributed by atoms with E-state index in [2.05, 4.69) is 36.3 Å². The molecule has 1 fully saturated rings. The van der Waals surface area contributed by atoms with E-state index in [1.165, 1.54) is 0 Å². The first-order valence-electron chi connectivity index (χ1n) is 7.36. The Morgan fingerprint density at radius 3 is 2.67 bits per heavy atom. The summed E-state index contributed by atoms with van der Waals surface area (Å²) in [7, 11) is 0. The van der Waals surface area contributed by atoms with Gasteiger partial charge in [0.1, 0.15) is 0 Å². The van der Waals surface area contributed by atoms with Gasteiger partial charge in [0.05, 0.1) is 6.04 Å². The second-order valence-corrected chi connectivity index (χ2v) is 5.38. The molecule has 3 atom stereocenters. The molecule has 0 aromatic carbocycles. The molecule has 0 aromatic heterocycles. The monoisotopic (exact) mass is 255 g/mol. The fourth-order valence-electron chi connectivity index (χ4n) is 2.49. The first kappa shape index (κ1) is 15.4. The molecule has 3 unspecified atom stereocenters. The van der Waals surface area contributed by atoms with Crippen molar-refractivity contribution in [3.8, 4) is 0 Å². The van der Waals surface area contributed by atoms with Gasteiger partial charge in [-0.1, -0.05) is 13.8 Å². The molecule has 1 rings (SSSR count). The summed E-state index contributed by atoms with van der Waals surface area (Å²) in [5, 5.41) is 6.47. The minimum absolute atomic E-state index is 0.0242. The van der Waals surface area contributed by atoms with E-state index in [1.807, 2.05) is 6.92 Å². The lowest BCUT2D eigenvalue weighted by atomic mass is 10.1. The lowest BCUT2D eigenvalue weighted by molar-refractivity contribution is -0.127. The molecular formula is C14H29N3O. The van der Waals surface area contributed by atoms with Crippen LogP contribution in [0.25, 0.3) is 0 Å². The third-order valence-corrected chi connectivity index (χ3v) is 3.86. The normalized spacial score (nSPS) is 23.1. The standard InChI is InChI=1S/C14H29N3O/c1-5-9-17(13-7-8-15-10-13)12(4)14(18)16-11(3)6-2/h11-13,15H,5-10H2,1-4H3,(H,16,18). The highest BCUT2D eigenvalue weighted by Gasteiger charge is 2.29. The zero-order chi connectivity index (χ0) is 13.5. The molecule has 106 valence electrons. The number of carbonyl (C=O) groups excluding carboxylic acids is 1. The fraction of sp³-hybridized carbons (Fsp3) is 0.929. The molecule has 0 spiro atoms. The summed E-state index contributed by atoms with van der Waals surface area (Å²) in [4.78, 5) is 14.6. The van der Waals surface area contributed by atoms with Gasteiger partial charge in [0.25, 0.3) is 0 Å². The van der Waals surface area contributed by atoms with Crippen LogP contribution in [-0.4, -0.2) is 48.6 Å². The van der Waals surface area contributed by atoms with Gasteiger partial charge in [-0.2, -0.15) is 0 Å². The van der Waals surface area contributed by atoms with Crippen molar-refractivity contribution in [2.24, 2.45) is 0 Å². The average Bonchev–Trinajstić information content (AvgIpc) is 2.88. The third-order valence-electron chi connectivity index (χ3n) is 3.86. The lowest BCUT2D eigenvalue weighted by Crippen LogP contribution is -2.52. The minimum atomic E-state index is -0.0242. The summed E-state index contributed by atoms with van der Waals surface area (Å²) in [6, 6.07) is 0.761. The molecule has 0 radical (unpaired) electrons. The van der Waals surface area contributed by atoms with Crippen molar-refractivity contribution < 1.29 is 4.79 Å². The Hall–Kier alpha value is -0.610. The SMILES string of the molecule is CCCN(C1CCNC1)C(C)C(=O)NC(C)CC. The number of rotatable bonds is 7. The first-order valence-corrected chi connectivity index (χ1v) is 7.36. The van der Waals surface area contributed by atoms with E-state index in [1.54, 1.807) is 0 Å². The predicted molar refractivity (Wildman–Crippen MR) is 75.6 cm³/mol. The maximum absolute atomic E-state index is 12.2. The summed E-state index contributed by atoms with van der Waals surface area (Å²) >= 11 is 0. The average molecular weight is 255 g/mol. The van der Waals surface area contributed by atoms with E-state index in [0.29, 0.717) is 6.04 Å². The zero-order valence-corrected chi connectivity index (χ0v) is 12.3. The van der Waals surface area contributed by atoms with Crippen LogP contribution in [-0.2, 0) is 4.79 Å². The van der Waals surface area contributed by atoms with Crippen LogP contribution in [0, 0.1) is 0 Å². The molecular weight excluding hydrogens is 226 g/mol. The van der Waals surface area contributed by atoms with Gasteiger partial charge >= 0.3 is 0 Å². The van der Waals surface area contributed by atoms with Gasteiger partial charge in [0.2, 0.25) is 5.91 Å².